The van der Waals surface area contributed by atoms with Gasteiger partial charge in [-0.05, 0) is 30.3 Å². The zero-order valence-electron chi connectivity index (χ0n) is 10.7. The van der Waals surface area contributed by atoms with Crippen molar-refractivity contribution in [1.82, 2.24) is 0 Å². The molecule has 2 aliphatic heterocycles. The molecule has 2 aromatic carbocycles. The van der Waals surface area contributed by atoms with Crippen LogP contribution >= 0.6 is 0 Å². The van der Waals surface area contributed by atoms with Crippen LogP contribution in [0.5, 0.6) is 0 Å². The van der Waals surface area contributed by atoms with E-state index in [1.54, 1.807) is 24.3 Å². The van der Waals surface area contributed by atoms with Crippen molar-refractivity contribution in [3.05, 3.63) is 65.1 Å². The fraction of sp³-hybridized carbons (Fsp3) is 0. The Morgan fingerprint density at radius 3 is 2.43 bits per heavy atom. The molecule has 0 saturated carbocycles. The first-order chi connectivity index (χ1) is 10.1. The zero-order valence-corrected chi connectivity index (χ0v) is 10.7. The van der Waals surface area contributed by atoms with Gasteiger partial charge in [-0.15, -0.1) is 0 Å². The molecule has 4 rings (SSSR count). The Bertz CT molecular complexity index is 855. The van der Waals surface area contributed by atoms with Gasteiger partial charge in [-0.2, -0.15) is 0 Å². The van der Waals surface area contributed by atoms with E-state index < -0.39 is 11.7 Å². The molecule has 0 unspecified atom stereocenters. The number of carbonyl (C=O) groups excluding carboxylic acids is 2. The summed E-state index contributed by atoms with van der Waals surface area (Å²) in [6.07, 6.45) is 0. The van der Waals surface area contributed by atoms with Crippen LogP contribution in [0.2, 0.25) is 0 Å². The topological polar surface area (TPSA) is 58.2 Å². The minimum absolute atomic E-state index is 0.186. The summed E-state index contributed by atoms with van der Waals surface area (Å²) in [5.41, 5.74) is 2.46. The number of allylic oxidation sites excluding steroid dienone is 1. The van der Waals surface area contributed by atoms with Gasteiger partial charge in [0.15, 0.2) is 0 Å². The third-order valence-electron chi connectivity index (χ3n) is 3.63. The van der Waals surface area contributed by atoms with Gasteiger partial charge in [-0.3, -0.25) is 9.59 Å². The van der Waals surface area contributed by atoms with Gasteiger partial charge in [0.2, 0.25) is 5.78 Å². The van der Waals surface area contributed by atoms with E-state index in [0.717, 1.165) is 0 Å². The van der Waals surface area contributed by atoms with E-state index in [1.807, 2.05) is 0 Å². The van der Waals surface area contributed by atoms with Crippen molar-refractivity contribution in [1.29, 1.82) is 0 Å². The highest BCUT2D eigenvalue weighted by Crippen LogP contribution is 2.38. The molecule has 0 atom stereocenters. The van der Waals surface area contributed by atoms with Crippen LogP contribution in [0.25, 0.3) is 5.57 Å². The Morgan fingerprint density at radius 2 is 1.62 bits per heavy atom. The lowest BCUT2D eigenvalue weighted by atomic mass is 10.0. The molecule has 0 aliphatic carbocycles. The number of fused-ring (bicyclic) bond motifs is 2. The predicted molar refractivity (Wildman–Crippen MR) is 76.3 cm³/mol. The van der Waals surface area contributed by atoms with E-state index in [1.165, 1.54) is 18.2 Å². The van der Waals surface area contributed by atoms with Crippen molar-refractivity contribution < 1.29 is 14.0 Å². The first kappa shape index (κ1) is 11.8. The van der Waals surface area contributed by atoms with Gasteiger partial charge in [-0.25, -0.2) is 4.39 Å². The smallest absolute Gasteiger partial charge is 0.258 e. The van der Waals surface area contributed by atoms with Crippen LogP contribution in [0.15, 0.2) is 48.2 Å². The van der Waals surface area contributed by atoms with Crippen molar-refractivity contribution >= 4 is 28.6 Å². The number of ketones is 1. The Hall–Kier alpha value is -2.95. The monoisotopic (exact) mass is 280 g/mol. The molecule has 0 fully saturated rings. The van der Waals surface area contributed by atoms with Gasteiger partial charge in [0.05, 0.1) is 5.57 Å². The summed E-state index contributed by atoms with van der Waals surface area (Å²) in [4.78, 5) is 24.6. The number of benzene rings is 2. The lowest BCUT2D eigenvalue weighted by Gasteiger charge is -2.03. The van der Waals surface area contributed by atoms with Crippen LogP contribution in [0.1, 0.15) is 15.9 Å². The Labute approximate surface area is 119 Å². The van der Waals surface area contributed by atoms with Gasteiger partial charge >= 0.3 is 0 Å². The summed E-state index contributed by atoms with van der Waals surface area (Å²) >= 11 is 0. The van der Waals surface area contributed by atoms with Gasteiger partial charge in [0.25, 0.3) is 5.91 Å². The molecule has 2 heterocycles. The first-order valence-corrected chi connectivity index (χ1v) is 6.41. The number of amides is 1. The number of carbonyl (C=O) groups is 2. The normalized spacial score (nSPS) is 19.1. The van der Waals surface area contributed by atoms with Crippen molar-refractivity contribution in [2.24, 2.45) is 0 Å². The van der Waals surface area contributed by atoms with Crippen LogP contribution in [-0.2, 0) is 4.79 Å². The van der Waals surface area contributed by atoms with Gasteiger partial charge in [0.1, 0.15) is 11.5 Å². The maximum atomic E-state index is 13.4. The number of rotatable bonds is 0. The van der Waals surface area contributed by atoms with Crippen LogP contribution < -0.4 is 10.6 Å². The van der Waals surface area contributed by atoms with Crippen LogP contribution in [-0.4, -0.2) is 11.7 Å². The molecule has 0 spiro atoms. The van der Waals surface area contributed by atoms with Gasteiger partial charge in [-0.1, -0.05) is 12.1 Å². The second kappa shape index (κ2) is 4.02. The molecule has 102 valence electrons. The lowest BCUT2D eigenvalue weighted by Crippen LogP contribution is -2.11. The second-order valence-corrected chi connectivity index (χ2v) is 4.89. The van der Waals surface area contributed by atoms with Gasteiger partial charge < -0.3 is 10.6 Å². The van der Waals surface area contributed by atoms with Gasteiger partial charge in [0, 0.05) is 22.5 Å². The summed E-state index contributed by atoms with van der Waals surface area (Å²) in [6.45, 7) is 0. The number of nitrogens with one attached hydrogen (secondary N) is 2. The highest BCUT2D eigenvalue weighted by Gasteiger charge is 2.34. The number of halogens is 1. The zero-order chi connectivity index (χ0) is 14.6. The van der Waals surface area contributed by atoms with Crippen molar-refractivity contribution in [3.63, 3.8) is 0 Å². The number of hydrogen-bond donors (Lipinski definition) is 2. The van der Waals surface area contributed by atoms with E-state index >= 15 is 0 Å². The van der Waals surface area contributed by atoms with E-state index in [9.17, 15) is 14.0 Å². The van der Waals surface area contributed by atoms with E-state index in [4.69, 9.17) is 0 Å². The van der Waals surface area contributed by atoms with Crippen molar-refractivity contribution in [2.75, 3.05) is 10.6 Å². The van der Waals surface area contributed by atoms with Crippen molar-refractivity contribution in [3.8, 4) is 0 Å². The quantitative estimate of drug-likeness (QED) is 0.729. The van der Waals surface area contributed by atoms with E-state index in [2.05, 4.69) is 10.6 Å². The molecular formula is C16H9FN2O2. The van der Waals surface area contributed by atoms with E-state index in [0.29, 0.717) is 22.5 Å². The molecule has 21 heavy (non-hydrogen) atoms. The molecule has 1 amide bonds. The molecule has 5 heteroatoms. The van der Waals surface area contributed by atoms with Crippen molar-refractivity contribution in [2.45, 2.75) is 0 Å². The maximum Gasteiger partial charge on any atom is 0.258 e. The third kappa shape index (κ3) is 1.61. The fourth-order valence-electron chi connectivity index (χ4n) is 2.68. The third-order valence-corrected chi connectivity index (χ3v) is 3.63. The number of Topliss-reactive ketones (excluding diaryl/α,β-unsaturated/α-hetero) is 1. The molecule has 0 saturated heterocycles. The summed E-state index contributed by atoms with van der Waals surface area (Å²) < 4.78 is 13.4. The molecule has 0 radical (unpaired) electrons. The predicted octanol–water partition coefficient (Wildman–Crippen LogP) is 2.80. The van der Waals surface area contributed by atoms with Crippen LogP contribution in [0.4, 0.5) is 15.8 Å². The number of anilines is 2. The maximum absolute atomic E-state index is 13.4. The molecule has 2 aromatic rings. The minimum Gasteiger partial charge on any atom is -0.351 e. The Kier molecular flexibility index (Phi) is 2.27. The Balaban J connectivity index is 1.94. The van der Waals surface area contributed by atoms with Crippen LogP contribution in [0, 0.1) is 5.82 Å². The molecule has 0 aromatic heterocycles. The first-order valence-electron chi connectivity index (χ1n) is 6.41. The highest BCUT2D eigenvalue weighted by atomic mass is 19.1. The fourth-order valence-corrected chi connectivity index (χ4v) is 2.68. The number of hydrogen-bond acceptors (Lipinski definition) is 3. The summed E-state index contributed by atoms with van der Waals surface area (Å²) in [7, 11) is 0. The average Bonchev–Trinajstić information content (AvgIpc) is 2.96. The summed E-state index contributed by atoms with van der Waals surface area (Å²) in [6, 6.07) is 11.0. The molecular weight excluding hydrogens is 271 g/mol. The molecule has 0 bridgehead atoms. The average molecular weight is 280 g/mol. The Morgan fingerprint density at radius 1 is 0.857 bits per heavy atom. The highest BCUT2D eigenvalue weighted by molar-refractivity contribution is 6.38. The molecule has 2 aliphatic rings. The SMILES string of the molecule is O=C1Nc2ccc(F)cc2/C1=C1/Nc2ccccc2C1=O. The molecule has 2 N–H and O–H groups in total. The standard InChI is InChI=1S/C16H9FN2O2/c17-8-5-6-12-10(7-8)13(16(21)19-12)14-15(20)9-3-1-2-4-11(9)18-14/h1-7,18H,(H,19,21)/b14-13-. The van der Waals surface area contributed by atoms with Crippen LogP contribution in [0.3, 0.4) is 0 Å². The second-order valence-electron chi connectivity index (χ2n) is 4.89. The number of para-hydroxylation sites is 1. The largest absolute Gasteiger partial charge is 0.351 e. The van der Waals surface area contributed by atoms with E-state index in [-0.39, 0.29) is 17.1 Å². The minimum atomic E-state index is -0.452. The summed E-state index contributed by atoms with van der Waals surface area (Å²) in [5, 5.41) is 5.61. The lowest BCUT2D eigenvalue weighted by molar-refractivity contribution is -0.110. The molecule has 4 nitrogen and oxygen atoms in total. The summed E-state index contributed by atoms with van der Waals surface area (Å²) in [5.74, 6) is -1.11.